The normalized spacial score (nSPS) is 15.7. The van der Waals surface area contributed by atoms with Gasteiger partial charge < -0.3 is 14.1 Å². The monoisotopic (exact) mass is 392 g/mol. The zero-order chi connectivity index (χ0) is 19.3. The van der Waals surface area contributed by atoms with E-state index in [1.165, 1.54) is 10.6 Å². The zero-order valence-corrected chi connectivity index (χ0v) is 16.2. The van der Waals surface area contributed by atoms with Crippen LogP contribution in [0, 0.1) is 0 Å². The summed E-state index contributed by atoms with van der Waals surface area (Å²) in [6.45, 7) is 3.87. The Morgan fingerprint density at radius 1 is 1.11 bits per heavy atom. The van der Waals surface area contributed by atoms with E-state index in [4.69, 9.17) is 9.15 Å². The van der Waals surface area contributed by atoms with Gasteiger partial charge in [-0.25, -0.2) is 8.42 Å². The fourth-order valence-corrected chi connectivity index (χ4v) is 4.30. The van der Waals surface area contributed by atoms with Crippen LogP contribution in [0.25, 0.3) is 0 Å². The average Bonchev–Trinajstić information content (AvgIpc) is 3.23. The number of furan rings is 1. The second-order valence-electron chi connectivity index (χ2n) is 6.35. The standard InChI is InChI=1S/C19H24N2O5S/c1-2-3-14-25-16-6-8-17(9-7-16)27(23,24)21-12-10-20(11-13-21)19(22)18-5-4-15-26-18/h4-9,15H,2-3,10-14H2,1H3. The number of nitrogens with zero attached hydrogens (tertiary/aromatic N) is 2. The Bertz CT molecular complexity index is 839. The molecule has 8 heteroatoms. The van der Waals surface area contributed by atoms with E-state index in [1.807, 2.05) is 0 Å². The second kappa shape index (κ2) is 8.58. The minimum atomic E-state index is -3.59. The van der Waals surface area contributed by atoms with Crippen molar-refractivity contribution < 1.29 is 22.4 Å². The van der Waals surface area contributed by atoms with Crippen molar-refractivity contribution in [2.45, 2.75) is 24.7 Å². The molecule has 0 aliphatic carbocycles. The van der Waals surface area contributed by atoms with Gasteiger partial charge in [-0.1, -0.05) is 13.3 Å². The van der Waals surface area contributed by atoms with E-state index in [0.29, 0.717) is 25.4 Å². The summed E-state index contributed by atoms with van der Waals surface area (Å²) in [6.07, 6.45) is 3.45. The molecule has 0 unspecified atom stereocenters. The van der Waals surface area contributed by atoms with E-state index in [2.05, 4.69) is 6.92 Å². The quantitative estimate of drug-likeness (QED) is 0.677. The van der Waals surface area contributed by atoms with Crippen molar-refractivity contribution in [3.05, 3.63) is 48.4 Å². The molecular weight excluding hydrogens is 368 g/mol. The van der Waals surface area contributed by atoms with E-state index >= 15 is 0 Å². The van der Waals surface area contributed by atoms with E-state index < -0.39 is 10.0 Å². The number of piperazine rings is 1. The Balaban J connectivity index is 1.60. The lowest BCUT2D eigenvalue weighted by atomic mass is 10.3. The molecule has 0 saturated carbocycles. The average molecular weight is 392 g/mol. The summed E-state index contributed by atoms with van der Waals surface area (Å²) in [7, 11) is -3.59. The lowest BCUT2D eigenvalue weighted by Gasteiger charge is -2.33. The summed E-state index contributed by atoms with van der Waals surface area (Å²) in [6, 6.07) is 9.76. The summed E-state index contributed by atoms with van der Waals surface area (Å²) >= 11 is 0. The molecule has 1 saturated heterocycles. The topological polar surface area (TPSA) is 80.1 Å². The second-order valence-corrected chi connectivity index (χ2v) is 8.28. The third-order valence-electron chi connectivity index (χ3n) is 4.49. The lowest BCUT2D eigenvalue weighted by molar-refractivity contribution is 0.0666. The minimum Gasteiger partial charge on any atom is -0.494 e. The van der Waals surface area contributed by atoms with Gasteiger partial charge >= 0.3 is 0 Å². The molecule has 2 heterocycles. The first kappa shape index (κ1) is 19.4. The van der Waals surface area contributed by atoms with Gasteiger partial charge in [-0.3, -0.25) is 4.79 Å². The van der Waals surface area contributed by atoms with Crippen LogP contribution in [0.5, 0.6) is 5.75 Å². The number of benzene rings is 1. The van der Waals surface area contributed by atoms with Gasteiger partial charge in [0, 0.05) is 26.2 Å². The van der Waals surface area contributed by atoms with Gasteiger partial charge in [0.1, 0.15) is 5.75 Å². The predicted molar refractivity (Wildman–Crippen MR) is 100 cm³/mol. The van der Waals surface area contributed by atoms with Gasteiger partial charge in [0.25, 0.3) is 5.91 Å². The van der Waals surface area contributed by atoms with Crippen molar-refractivity contribution in [2.75, 3.05) is 32.8 Å². The Morgan fingerprint density at radius 3 is 2.41 bits per heavy atom. The molecule has 7 nitrogen and oxygen atoms in total. The highest BCUT2D eigenvalue weighted by atomic mass is 32.2. The van der Waals surface area contributed by atoms with Crippen LogP contribution in [0.4, 0.5) is 0 Å². The predicted octanol–water partition coefficient (Wildman–Crippen LogP) is 2.61. The lowest BCUT2D eigenvalue weighted by Crippen LogP contribution is -2.50. The highest BCUT2D eigenvalue weighted by Gasteiger charge is 2.31. The molecule has 0 N–H and O–H groups in total. The molecule has 1 aromatic carbocycles. The minimum absolute atomic E-state index is 0.217. The largest absolute Gasteiger partial charge is 0.494 e. The van der Waals surface area contributed by atoms with Crippen molar-refractivity contribution in [1.82, 2.24) is 9.21 Å². The SMILES string of the molecule is CCCCOc1ccc(S(=O)(=O)N2CCN(C(=O)c3ccco3)CC2)cc1. The van der Waals surface area contributed by atoms with Gasteiger partial charge in [0.15, 0.2) is 5.76 Å². The Hall–Kier alpha value is -2.32. The number of hydrogen-bond donors (Lipinski definition) is 0. The third kappa shape index (κ3) is 4.51. The molecule has 1 fully saturated rings. The maximum Gasteiger partial charge on any atom is 0.289 e. The van der Waals surface area contributed by atoms with E-state index in [-0.39, 0.29) is 29.7 Å². The first-order valence-electron chi connectivity index (χ1n) is 9.08. The van der Waals surface area contributed by atoms with Gasteiger partial charge in [-0.05, 0) is 42.8 Å². The van der Waals surface area contributed by atoms with E-state index in [0.717, 1.165) is 12.8 Å². The van der Waals surface area contributed by atoms with Crippen LogP contribution in [0.1, 0.15) is 30.3 Å². The van der Waals surface area contributed by atoms with Crippen molar-refractivity contribution in [3.8, 4) is 5.75 Å². The molecule has 0 radical (unpaired) electrons. The third-order valence-corrected chi connectivity index (χ3v) is 6.40. The molecule has 27 heavy (non-hydrogen) atoms. The molecule has 0 bridgehead atoms. The highest BCUT2D eigenvalue weighted by Crippen LogP contribution is 2.21. The first-order valence-corrected chi connectivity index (χ1v) is 10.5. The number of rotatable bonds is 7. The molecule has 0 atom stereocenters. The fourth-order valence-electron chi connectivity index (χ4n) is 2.88. The Morgan fingerprint density at radius 2 is 1.81 bits per heavy atom. The van der Waals surface area contributed by atoms with Crippen LogP contribution < -0.4 is 4.74 Å². The summed E-state index contributed by atoms with van der Waals surface area (Å²) in [4.78, 5) is 14.1. The summed E-state index contributed by atoms with van der Waals surface area (Å²) < 4.78 is 37.8. The van der Waals surface area contributed by atoms with Gasteiger partial charge in [-0.2, -0.15) is 4.31 Å². The van der Waals surface area contributed by atoms with Gasteiger partial charge in [0.2, 0.25) is 10.0 Å². The van der Waals surface area contributed by atoms with Gasteiger partial charge in [-0.15, -0.1) is 0 Å². The Kier molecular flexibility index (Phi) is 6.18. The van der Waals surface area contributed by atoms with Crippen LogP contribution in [0.2, 0.25) is 0 Å². The molecule has 1 aliphatic heterocycles. The van der Waals surface area contributed by atoms with Crippen LogP contribution >= 0.6 is 0 Å². The summed E-state index contributed by atoms with van der Waals surface area (Å²) in [5.74, 6) is 0.715. The van der Waals surface area contributed by atoms with Crippen LogP contribution in [-0.4, -0.2) is 56.3 Å². The van der Waals surface area contributed by atoms with Crippen molar-refractivity contribution >= 4 is 15.9 Å². The number of hydrogen-bond acceptors (Lipinski definition) is 5. The first-order chi connectivity index (χ1) is 13.0. The molecule has 3 rings (SSSR count). The van der Waals surface area contributed by atoms with E-state index in [1.54, 1.807) is 41.3 Å². The smallest absolute Gasteiger partial charge is 0.289 e. The molecule has 0 spiro atoms. The molecular formula is C19H24N2O5S. The number of carbonyl (C=O) groups excluding carboxylic acids is 1. The zero-order valence-electron chi connectivity index (χ0n) is 15.3. The van der Waals surface area contributed by atoms with Crippen molar-refractivity contribution in [3.63, 3.8) is 0 Å². The highest BCUT2D eigenvalue weighted by molar-refractivity contribution is 7.89. The van der Waals surface area contributed by atoms with Gasteiger partial charge in [0.05, 0.1) is 17.8 Å². The number of carbonyl (C=O) groups is 1. The number of unbranched alkanes of at least 4 members (excludes halogenated alkanes) is 1. The Labute approximate surface area is 159 Å². The number of sulfonamides is 1. The molecule has 1 aliphatic rings. The maximum absolute atomic E-state index is 12.8. The molecule has 1 amide bonds. The number of amides is 1. The van der Waals surface area contributed by atoms with Crippen molar-refractivity contribution in [1.29, 1.82) is 0 Å². The maximum atomic E-state index is 12.8. The summed E-state index contributed by atoms with van der Waals surface area (Å²) in [5, 5.41) is 0. The van der Waals surface area contributed by atoms with Crippen molar-refractivity contribution in [2.24, 2.45) is 0 Å². The van der Waals surface area contributed by atoms with E-state index in [9.17, 15) is 13.2 Å². The van der Waals surface area contributed by atoms with Crippen LogP contribution in [-0.2, 0) is 10.0 Å². The summed E-state index contributed by atoms with van der Waals surface area (Å²) in [5.41, 5.74) is 0. The van der Waals surface area contributed by atoms with Crippen LogP contribution in [0.3, 0.4) is 0 Å². The molecule has 1 aromatic heterocycles. The molecule has 2 aromatic rings. The fraction of sp³-hybridized carbons (Fsp3) is 0.421. The molecule has 146 valence electrons. The van der Waals surface area contributed by atoms with Crippen LogP contribution in [0.15, 0.2) is 52.0 Å². The number of ether oxygens (including phenoxy) is 1.